The second kappa shape index (κ2) is 8.65. The van der Waals surface area contributed by atoms with Gasteiger partial charge in [0.2, 0.25) is 0 Å². The molecular weight excluding hydrogens is 412 g/mol. The summed E-state index contributed by atoms with van der Waals surface area (Å²) in [6.45, 7) is 11.1. The molecule has 2 aromatic carbocycles. The zero-order chi connectivity index (χ0) is 23.8. The number of para-hydroxylation sites is 2. The zero-order valence-electron chi connectivity index (χ0n) is 19.8. The Morgan fingerprint density at radius 3 is 2.33 bits per heavy atom. The highest BCUT2D eigenvalue weighted by Gasteiger charge is 2.24. The number of aromatic nitrogens is 3. The van der Waals surface area contributed by atoms with Gasteiger partial charge in [0.15, 0.2) is 5.65 Å². The Labute approximate surface area is 193 Å². The van der Waals surface area contributed by atoms with Crippen molar-refractivity contribution >= 4 is 40.1 Å². The highest BCUT2D eigenvalue weighted by Crippen LogP contribution is 2.28. The Balaban J connectivity index is 1.81. The van der Waals surface area contributed by atoms with Crippen molar-refractivity contribution in [3.63, 3.8) is 0 Å². The van der Waals surface area contributed by atoms with E-state index in [-0.39, 0.29) is 17.1 Å². The van der Waals surface area contributed by atoms with Crippen molar-refractivity contribution in [1.82, 2.24) is 20.0 Å². The number of nitrogens with two attached hydrogens (primary N) is 1. The van der Waals surface area contributed by atoms with Crippen LogP contribution >= 0.6 is 0 Å². The predicted molar refractivity (Wildman–Crippen MR) is 135 cm³/mol. The molecule has 7 nitrogen and oxygen atoms in total. The average Bonchev–Trinajstić information content (AvgIpc) is 3.04. The Morgan fingerprint density at radius 1 is 1.09 bits per heavy atom. The van der Waals surface area contributed by atoms with E-state index in [0.29, 0.717) is 40.2 Å². The molecule has 1 amide bonds. The molecule has 0 atom stereocenters. The van der Waals surface area contributed by atoms with Gasteiger partial charge in [0.05, 0.1) is 17.2 Å². The number of hydrogen-bond acceptors (Lipinski definition) is 5. The van der Waals surface area contributed by atoms with Crippen molar-refractivity contribution in [2.45, 2.75) is 40.0 Å². The summed E-state index contributed by atoms with van der Waals surface area (Å²) in [5.74, 6) is 0.243. The molecule has 0 saturated carbocycles. The van der Waals surface area contributed by atoms with Crippen molar-refractivity contribution in [2.75, 3.05) is 12.3 Å². The van der Waals surface area contributed by atoms with Gasteiger partial charge in [-0.1, -0.05) is 71.0 Å². The molecule has 0 aliphatic heterocycles. The van der Waals surface area contributed by atoms with Crippen LogP contribution in [0, 0.1) is 5.92 Å². The molecule has 0 spiro atoms. The number of nitrogens with one attached hydrogen (secondary N) is 1. The van der Waals surface area contributed by atoms with Crippen LogP contribution in [0.3, 0.4) is 0 Å². The zero-order valence-corrected chi connectivity index (χ0v) is 19.8. The smallest absolute Gasteiger partial charge is 0.257 e. The van der Waals surface area contributed by atoms with Gasteiger partial charge in [0.25, 0.3) is 5.91 Å². The monoisotopic (exact) mass is 442 g/mol. The SMILES string of the molecule is CC(C)CNC(=O)c1c(N)n(N=Cc2ccc(C(C)(C)C)cc2)c2nc3ccccc3nc12. The van der Waals surface area contributed by atoms with Crippen LogP contribution < -0.4 is 11.1 Å². The quantitative estimate of drug-likeness (QED) is 0.437. The molecule has 0 radical (unpaired) electrons. The molecule has 0 fully saturated rings. The molecule has 7 heteroatoms. The van der Waals surface area contributed by atoms with E-state index in [1.54, 1.807) is 6.21 Å². The van der Waals surface area contributed by atoms with Crippen molar-refractivity contribution < 1.29 is 4.79 Å². The molecule has 3 N–H and O–H groups in total. The third-order valence-corrected chi connectivity index (χ3v) is 5.47. The van der Waals surface area contributed by atoms with Gasteiger partial charge in [-0.2, -0.15) is 9.78 Å². The van der Waals surface area contributed by atoms with Gasteiger partial charge in [-0.3, -0.25) is 4.79 Å². The number of nitrogens with zero attached hydrogens (tertiary/aromatic N) is 4. The molecule has 33 heavy (non-hydrogen) atoms. The van der Waals surface area contributed by atoms with Gasteiger partial charge in [-0.15, -0.1) is 0 Å². The predicted octanol–water partition coefficient (Wildman–Crippen LogP) is 4.73. The molecule has 0 unspecified atom stereocenters. The van der Waals surface area contributed by atoms with Gasteiger partial charge >= 0.3 is 0 Å². The number of carbonyl (C=O) groups excluding carboxylic acids is 1. The molecule has 2 heterocycles. The summed E-state index contributed by atoms with van der Waals surface area (Å²) in [4.78, 5) is 22.4. The summed E-state index contributed by atoms with van der Waals surface area (Å²) in [6, 6.07) is 15.8. The van der Waals surface area contributed by atoms with Gasteiger partial charge in [0, 0.05) is 6.54 Å². The number of anilines is 1. The first-order chi connectivity index (χ1) is 15.6. The number of nitrogen functional groups attached to an aromatic ring is 1. The normalized spacial score (nSPS) is 12.3. The van der Waals surface area contributed by atoms with Crippen molar-refractivity contribution in [2.24, 2.45) is 11.0 Å². The van der Waals surface area contributed by atoms with E-state index in [1.807, 2.05) is 50.2 Å². The Bertz CT molecular complexity index is 1340. The van der Waals surface area contributed by atoms with Crippen LogP contribution in [0.1, 0.15) is 56.1 Å². The molecule has 4 rings (SSSR count). The standard InChI is InChI=1S/C26H30N6O/c1-16(2)14-28-25(33)21-22-24(31-20-9-7-6-8-19(20)30-22)32(23(21)27)29-15-17-10-12-18(13-11-17)26(3,4)5/h6-13,15-16H,14,27H2,1-5H3,(H,28,33). The van der Waals surface area contributed by atoms with Crippen LogP contribution in [0.5, 0.6) is 0 Å². The third-order valence-electron chi connectivity index (χ3n) is 5.47. The van der Waals surface area contributed by atoms with E-state index in [1.165, 1.54) is 10.2 Å². The topological polar surface area (TPSA) is 98.2 Å². The molecule has 0 aliphatic rings. The second-order valence-electron chi connectivity index (χ2n) is 9.68. The lowest BCUT2D eigenvalue weighted by molar-refractivity contribution is 0.0951. The van der Waals surface area contributed by atoms with Gasteiger partial charge in [0.1, 0.15) is 16.9 Å². The van der Waals surface area contributed by atoms with Crippen molar-refractivity contribution in [3.8, 4) is 0 Å². The van der Waals surface area contributed by atoms with E-state index in [4.69, 9.17) is 15.7 Å². The molecule has 0 aliphatic carbocycles. The van der Waals surface area contributed by atoms with Crippen LogP contribution in [0.15, 0.2) is 53.6 Å². The Kier molecular flexibility index (Phi) is 5.89. The molecular formula is C26H30N6O. The molecule has 170 valence electrons. The second-order valence-corrected chi connectivity index (χ2v) is 9.68. The maximum atomic E-state index is 13.0. The Morgan fingerprint density at radius 2 is 1.73 bits per heavy atom. The number of amides is 1. The van der Waals surface area contributed by atoms with Gasteiger partial charge < -0.3 is 11.1 Å². The number of benzene rings is 2. The third kappa shape index (κ3) is 4.58. The van der Waals surface area contributed by atoms with Crippen molar-refractivity contribution in [1.29, 1.82) is 0 Å². The summed E-state index contributed by atoms with van der Waals surface area (Å²) in [5.41, 5.74) is 11.3. The summed E-state index contributed by atoms with van der Waals surface area (Å²) >= 11 is 0. The minimum atomic E-state index is -0.278. The first-order valence-electron chi connectivity index (χ1n) is 11.1. The number of fused-ring (bicyclic) bond motifs is 2. The average molecular weight is 443 g/mol. The number of hydrogen-bond donors (Lipinski definition) is 2. The van der Waals surface area contributed by atoms with Crippen molar-refractivity contribution in [3.05, 3.63) is 65.2 Å². The number of carbonyl (C=O) groups is 1. The fourth-order valence-corrected chi connectivity index (χ4v) is 3.57. The molecule has 0 saturated heterocycles. The minimum Gasteiger partial charge on any atom is -0.383 e. The van der Waals surface area contributed by atoms with E-state index < -0.39 is 0 Å². The van der Waals surface area contributed by atoms with Crippen LogP contribution in [0.2, 0.25) is 0 Å². The number of rotatable bonds is 5. The van der Waals surface area contributed by atoms with E-state index in [2.05, 4.69) is 43.3 Å². The molecule has 4 aromatic rings. The lowest BCUT2D eigenvalue weighted by atomic mass is 9.87. The Hall–Kier alpha value is -3.74. The maximum absolute atomic E-state index is 13.0. The molecule has 2 aromatic heterocycles. The van der Waals surface area contributed by atoms with Crippen LogP contribution in [-0.4, -0.2) is 33.3 Å². The summed E-state index contributed by atoms with van der Waals surface area (Å²) < 4.78 is 1.50. The fraction of sp³-hybridized carbons (Fsp3) is 0.308. The van der Waals surface area contributed by atoms with E-state index >= 15 is 0 Å². The fourth-order valence-electron chi connectivity index (χ4n) is 3.57. The maximum Gasteiger partial charge on any atom is 0.257 e. The summed E-state index contributed by atoms with van der Waals surface area (Å²) in [5, 5.41) is 7.52. The minimum absolute atomic E-state index is 0.0750. The van der Waals surface area contributed by atoms with E-state index in [0.717, 1.165) is 5.56 Å². The first kappa shape index (κ1) is 22.5. The molecule has 0 bridgehead atoms. The lowest BCUT2D eigenvalue weighted by Gasteiger charge is -2.18. The van der Waals surface area contributed by atoms with Gasteiger partial charge in [-0.05, 0) is 34.6 Å². The summed E-state index contributed by atoms with van der Waals surface area (Å²) in [7, 11) is 0. The summed E-state index contributed by atoms with van der Waals surface area (Å²) in [6.07, 6.45) is 1.72. The lowest BCUT2D eigenvalue weighted by Crippen LogP contribution is -2.28. The highest BCUT2D eigenvalue weighted by molar-refractivity contribution is 6.10. The largest absolute Gasteiger partial charge is 0.383 e. The van der Waals surface area contributed by atoms with Crippen LogP contribution in [0.25, 0.3) is 22.2 Å². The van der Waals surface area contributed by atoms with E-state index in [9.17, 15) is 4.79 Å². The highest BCUT2D eigenvalue weighted by atomic mass is 16.1. The van der Waals surface area contributed by atoms with Crippen LogP contribution in [-0.2, 0) is 5.41 Å². The first-order valence-corrected chi connectivity index (χ1v) is 11.1. The van der Waals surface area contributed by atoms with Crippen LogP contribution in [0.4, 0.5) is 5.82 Å². The van der Waals surface area contributed by atoms with Gasteiger partial charge in [-0.25, -0.2) is 9.97 Å².